The maximum atomic E-state index is 13.6. The zero-order chi connectivity index (χ0) is 19.9. The third-order valence-electron chi connectivity index (χ3n) is 4.89. The molecule has 0 saturated carbocycles. The number of benzene rings is 2. The molecule has 0 radical (unpaired) electrons. The first-order valence-electron chi connectivity index (χ1n) is 9.58. The van der Waals surface area contributed by atoms with Crippen molar-refractivity contribution in [2.75, 3.05) is 33.9 Å². The summed E-state index contributed by atoms with van der Waals surface area (Å²) in [5.74, 6) is 0.0393. The lowest BCUT2D eigenvalue weighted by atomic mass is 10.1. The predicted molar refractivity (Wildman–Crippen MR) is 106 cm³/mol. The number of hydrogen-bond donors (Lipinski definition) is 1. The second-order valence-electron chi connectivity index (χ2n) is 7.19. The first-order valence-corrected chi connectivity index (χ1v) is 9.58. The van der Waals surface area contributed by atoms with Crippen molar-refractivity contribution in [2.24, 2.45) is 0 Å². The van der Waals surface area contributed by atoms with Crippen LogP contribution in [0.1, 0.15) is 34.8 Å². The minimum Gasteiger partial charge on any atom is -0.490 e. The van der Waals surface area contributed by atoms with Gasteiger partial charge in [-0.15, -0.1) is 0 Å². The van der Waals surface area contributed by atoms with Crippen LogP contribution in [0.3, 0.4) is 0 Å². The Labute approximate surface area is 165 Å². The van der Waals surface area contributed by atoms with Crippen LogP contribution in [0.15, 0.2) is 48.5 Å². The molecule has 5 nitrogen and oxygen atoms in total. The predicted octanol–water partition coefficient (Wildman–Crippen LogP) is 3.42. The summed E-state index contributed by atoms with van der Waals surface area (Å²) in [5.41, 5.74) is 1.30. The van der Waals surface area contributed by atoms with Gasteiger partial charge in [0.25, 0.3) is 5.91 Å². The standard InChI is InChI=1S/C22H27FN2O3/c1-25(2)20(16-7-5-8-17(23)13-16)14-24-22(26)19-10-3-4-11-21(19)28-15-18-9-6-12-27-18/h3-5,7-8,10-11,13,18,20H,6,9,12,14-15H2,1-2H3,(H,24,26). The lowest BCUT2D eigenvalue weighted by Gasteiger charge is -2.25. The van der Waals surface area contributed by atoms with Crippen molar-refractivity contribution < 1.29 is 18.7 Å². The lowest BCUT2D eigenvalue weighted by Crippen LogP contribution is -2.34. The number of halogens is 1. The van der Waals surface area contributed by atoms with Crippen molar-refractivity contribution >= 4 is 5.91 Å². The topological polar surface area (TPSA) is 50.8 Å². The van der Waals surface area contributed by atoms with Crippen molar-refractivity contribution in [2.45, 2.75) is 25.0 Å². The molecule has 0 aromatic heterocycles. The van der Waals surface area contributed by atoms with E-state index in [1.165, 1.54) is 12.1 Å². The van der Waals surface area contributed by atoms with E-state index in [2.05, 4.69) is 5.32 Å². The normalized spacial score (nSPS) is 17.5. The van der Waals surface area contributed by atoms with E-state index in [4.69, 9.17) is 9.47 Å². The average molecular weight is 386 g/mol. The number of ether oxygens (including phenoxy) is 2. The minimum absolute atomic E-state index is 0.0854. The summed E-state index contributed by atoms with van der Waals surface area (Å²) in [6.07, 6.45) is 2.11. The fourth-order valence-corrected chi connectivity index (χ4v) is 3.34. The van der Waals surface area contributed by atoms with E-state index >= 15 is 0 Å². The molecule has 150 valence electrons. The van der Waals surface area contributed by atoms with E-state index in [9.17, 15) is 9.18 Å². The van der Waals surface area contributed by atoms with Crippen molar-refractivity contribution in [3.63, 3.8) is 0 Å². The molecule has 1 saturated heterocycles. The van der Waals surface area contributed by atoms with Crippen LogP contribution in [0.4, 0.5) is 4.39 Å². The number of rotatable bonds is 8. The van der Waals surface area contributed by atoms with Gasteiger partial charge in [0.05, 0.1) is 17.7 Å². The molecule has 1 amide bonds. The van der Waals surface area contributed by atoms with Gasteiger partial charge in [-0.25, -0.2) is 4.39 Å². The highest BCUT2D eigenvalue weighted by Crippen LogP contribution is 2.22. The number of carbonyl (C=O) groups is 1. The third kappa shape index (κ3) is 5.30. The van der Waals surface area contributed by atoms with E-state index in [1.807, 2.05) is 37.2 Å². The van der Waals surface area contributed by atoms with Crippen molar-refractivity contribution in [3.05, 3.63) is 65.5 Å². The molecule has 2 atom stereocenters. The van der Waals surface area contributed by atoms with Crippen molar-refractivity contribution in [1.82, 2.24) is 10.2 Å². The number of nitrogens with one attached hydrogen (secondary N) is 1. The van der Waals surface area contributed by atoms with Crippen LogP contribution in [0.25, 0.3) is 0 Å². The summed E-state index contributed by atoms with van der Waals surface area (Å²) in [6, 6.07) is 13.5. The molecular weight excluding hydrogens is 359 g/mol. The SMILES string of the molecule is CN(C)C(CNC(=O)c1ccccc1OCC1CCCO1)c1cccc(F)c1. The monoisotopic (exact) mass is 386 g/mol. The van der Waals surface area contributed by atoms with Crippen molar-refractivity contribution in [3.8, 4) is 5.75 Å². The number of para-hydroxylation sites is 1. The second kappa shape index (κ2) is 9.66. The quantitative estimate of drug-likeness (QED) is 0.755. The highest BCUT2D eigenvalue weighted by molar-refractivity contribution is 5.96. The lowest BCUT2D eigenvalue weighted by molar-refractivity contribution is 0.0670. The molecule has 0 bridgehead atoms. The van der Waals surface area contributed by atoms with Crippen LogP contribution in [0.5, 0.6) is 5.75 Å². The molecule has 1 fully saturated rings. The number of amides is 1. The Hall–Kier alpha value is -2.44. The van der Waals surface area contributed by atoms with Crippen LogP contribution in [-0.2, 0) is 4.74 Å². The molecular formula is C22H27FN2O3. The molecule has 1 aliphatic heterocycles. The van der Waals surface area contributed by atoms with Gasteiger partial charge in [-0.3, -0.25) is 4.79 Å². The van der Waals surface area contributed by atoms with Gasteiger partial charge in [0.2, 0.25) is 0 Å². The molecule has 2 aromatic carbocycles. The highest BCUT2D eigenvalue weighted by Gasteiger charge is 2.20. The largest absolute Gasteiger partial charge is 0.490 e. The fraction of sp³-hybridized carbons (Fsp3) is 0.409. The zero-order valence-corrected chi connectivity index (χ0v) is 16.4. The number of likely N-dealkylation sites (N-methyl/N-ethyl adjacent to an activating group) is 1. The van der Waals surface area contributed by atoms with Gasteiger partial charge >= 0.3 is 0 Å². The Kier molecular flexibility index (Phi) is 7.01. The van der Waals surface area contributed by atoms with Gasteiger partial charge in [0.15, 0.2) is 0 Å². The molecule has 1 N–H and O–H groups in total. The van der Waals surface area contributed by atoms with Crippen LogP contribution in [0.2, 0.25) is 0 Å². The smallest absolute Gasteiger partial charge is 0.255 e. The second-order valence-corrected chi connectivity index (χ2v) is 7.19. The Morgan fingerprint density at radius 1 is 1.29 bits per heavy atom. The van der Waals surface area contributed by atoms with Crippen LogP contribution in [-0.4, -0.2) is 50.8 Å². The van der Waals surface area contributed by atoms with E-state index in [0.29, 0.717) is 24.5 Å². The Morgan fingerprint density at radius 3 is 2.82 bits per heavy atom. The van der Waals surface area contributed by atoms with E-state index in [-0.39, 0.29) is 23.9 Å². The highest BCUT2D eigenvalue weighted by atomic mass is 19.1. The summed E-state index contributed by atoms with van der Waals surface area (Å²) >= 11 is 0. The third-order valence-corrected chi connectivity index (χ3v) is 4.89. The Balaban J connectivity index is 1.65. The summed E-state index contributed by atoms with van der Waals surface area (Å²) in [5, 5.41) is 2.95. The molecule has 1 aliphatic rings. The first kappa shape index (κ1) is 20.3. The minimum atomic E-state index is -0.288. The van der Waals surface area contributed by atoms with Gasteiger partial charge in [-0.1, -0.05) is 24.3 Å². The van der Waals surface area contributed by atoms with Gasteiger partial charge < -0.3 is 19.7 Å². The van der Waals surface area contributed by atoms with E-state index in [1.54, 1.807) is 18.2 Å². The van der Waals surface area contributed by atoms with Gasteiger partial charge in [-0.2, -0.15) is 0 Å². The molecule has 28 heavy (non-hydrogen) atoms. The van der Waals surface area contributed by atoms with Crippen LogP contribution < -0.4 is 10.1 Å². The molecule has 1 heterocycles. The molecule has 2 aromatic rings. The van der Waals surface area contributed by atoms with Crippen molar-refractivity contribution in [1.29, 1.82) is 0 Å². The van der Waals surface area contributed by atoms with Crippen LogP contribution in [0, 0.1) is 5.82 Å². The first-order chi connectivity index (χ1) is 13.5. The number of hydrogen-bond acceptors (Lipinski definition) is 4. The maximum absolute atomic E-state index is 13.6. The Bertz CT molecular complexity index is 791. The molecule has 6 heteroatoms. The number of carbonyl (C=O) groups excluding carboxylic acids is 1. The van der Waals surface area contributed by atoms with Gasteiger partial charge in [0, 0.05) is 13.2 Å². The summed E-state index contributed by atoms with van der Waals surface area (Å²) in [6.45, 7) is 1.56. The van der Waals surface area contributed by atoms with Crippen LogP contribution >= 0.6 is 0 Å². The summed E-state index contributed by atoms with van der Waals surface area (Å²) in [4.78, 5) is 14.7. The number of nitrogens with zero attached hydrogens (tertiary/aromatic N) is 1. The maximum Gasteiger partial charge on any atom is 0.255 e. The van der Waals surface area contributed by atoms with E-state index in [0.717, 1.165) is 25.0 Å². The zero-order valence-electron chi connectivity index (χ0n) is 16.4. The molecule has 2 unspecified atom stereocenters. The molecule has 0 aliphatic carbocycles. The van der Waals surface area contributed by atoms with Gasteiger partial charge in [-0.05, 0) is 56.8 Å². The summed E-state index contributed by atoms with van der Waals surface area (Å²) < 4.78 is 25.0. The average Bonchev–Trinajstić information content (AvgIpc) is 3.20. The Morgan fingerprint density at radius 2 is 2.11 bits per heavy atom. The molecule has 3 rings (SSSR count). The van der Waals surface area contributed by atoms with E-state index < -0.39 is 0 Å². The van der Waals surface area contributed by atoms with Gasteiger partial charge in [0.1, 0.15) is 18.2 Å². The fourth-order valence-electron chi connectivity index (χ4n) is 3.34. The summed E-state index contributed by atoms with van der Waals surface area (Å²) in [7, 11) is 3.81. The molecule has 0 spiro atoms.